The molecule has 0 amide bonds. The maximum atomic E-state index is 6.05. The van der Waals surface area contributed by atoms with Crippen LogP contribution in [0.1, 0.15) is 5.56 Å². The maximum Gasteiger partial charge on any atom is 0.179 e. The molecule has 0 aliphatic carbocycles. The molecule has 2 nitrogen and oxygen atoms in total. The number of anilines is 1. The van der Waals surface area contributed by atoms with Crippen molar-refractivity contribution >= 4 is 73.1 Å². The second-order valence-electron chi connectivity index (χ2n) is 8.05. The van der Waals surface area contributed by atoms with Crippen LogP contribution in [0.3, 0.4) is 0 Å². The third-order valence-electron chi connectivity index (χ3n) is 5.89. The molecule has 5 aromatic rings. The molecule has 1 aliphatic heterocycles. The molecule has 6 rings (SSSR count). The lowest BCUT2D eigenvalue weighted by molar-refractivity contribution is 1.46. The van der Waals surface area contributed by atoms with Crippen molar-refractivity contribution in [2.75, 3.05) is 4.90 Å². The zero-order valence-electron chi connectivity index (χ0n) is 18.3. The van der Waals surface area contributed by atoms with E-state index < -0.39 is 0 Å². The van der Waals surface area contributed by atoms with Crippen LogP contribution in [-0.2, 0) is 0 Å². The Bertz CT molecular complexity index is 1590. The van der Waals surface area contributed by atoms with Gasteiger partial charge in [-0.2, -0.15) is 0 Å². The molecule has 1 saturated heterocycles. The van der Waals surface area contributed by atoms with Crippen molar-refractivity contribution in [1.29, 1.82) is 0 Å². The minimum absolute atomic E-state index is 0.768. The molecule has 0 aromatic heterocycles. The standard InChI is InChI=1S/C30H20N2S2/c33-29-28(20-21-10-2-1-3-11-21)34-30(31-26-18-8-14-22-12-4-6-16-24(22)26)32(29)27-19-9-15-23-13-5-7-17-25(23)27/h1-20H/b28-20+,31-30?. The van der Waals surface area contributed by atoms with Crippen molar-refractivity contribution in [3.8, 4) is 0 Å². The minimum atomic E-state index is 0.768. The van der Waals surface area contributed by atoms with Crippen LogP contribution in [0.2, 0.25) is 0 Å². The Hall–Kier alpha value is -3.73. The van der Waals surface area contributed by atoms with Crippen molar-refractivity contribution in [2.45, 2.75) is 0 Å². The topological polar surface area (TPSA) is 15.6 Å². The fourth-order valence-corrected chi connectivity index (χ4v) is 5.70. The first-order chi connectivity index (χ1) is 16.8. The number of benzene rings is 5. The Kier molecular flexibility index (Phi) is 5.46. The van der Waals surface area contributed by atoms with E-state index in [1.54, 1.807) is 11.8 Å². The van der Waals surface area contributed by atoms with Gasteiger partial charge in [-0.3, -0.25) is 4.90 Å². The molecule has 0 atom stereocenters. The number of hydrogen-bond donors (Lipinski definition) is 0. The third-order valence-corrected chi connectivity index (χ3v) is 7.41. The van der Waals surface area contributed by atoms with E-state index in [1.807, 2.05) is 18.2 Å². The summed E-state index contributed by atoms with van der Waals surface area (Å²) in [5.41, 5.74) is 3.11. The van der Waals surface area contributed by atoms with Crippen LogP contribution in [0.4, 0.5) is 11.4 Å². The lowest BCUT2D eigenvalue weighted by Crippen LogP contribution is -2.27. The van der Waals surface area contributed by atoms with Gasteiger partial charge in [-0.1, -0.05) is 115 Å². The minimum Gasteiger partial charge on any atom is -0.278 e. The lowest BCUT2D eigenvalue weighted by atomic mass is 10.1. The summed E-state index contributed by atoms with van der Waals surface area (Å²) in [7, 11) is 0. The fourth-order valence-electron chi connectivity index (χ4n) is 4.27. The number of thioether (sulfide) groups is 1. The van der Waals surface area contributed by atoms with Crippen LogP contribution in [0.25, 0.3) is 27.6 Å². The highest BCUT2D eigenvalue weighted by atomic mass is 32.2. The van der Waals surface area contributed by atoms with E-state index >= 15 is 0 Å². The van der Waals surface area contributed by atoms with Crippen molar-refractivity contribution < 1.29 is 0 Å². The maximum absolute atomic E-state index is 6.05. The number of aliphatic imine (C=N–C) groups is 1. The Balaban J connectivity index is 1.55. The highest BCUT2D eigenvalue weighted by molar-refractivity contribution is 8.20. The van der Waals surface area contributed by atoms with Gasteiger partial charge in [0, 0.05) is 10.8 Å². The number of amidine groups is 1. The summed E-state index contributed by atoms with van der Waals surface area (Å²) >= 11 is 7.68. The molecular weight excluding hydrogens is 452 g/mol. The van der Waals surface area contributed by atoms with E-state index in [9.17, 15) is 0 Å². The summed E-state index contributed by atoms with van der Waals surface area (Å²) in [6, 6.07) is 39.7. The smallest absolute Gasteiger partial charge is 0.179 e. The predicted molar refractivity (Wildman–Crippen MR) is 152 cm³/mol. The normalized spacial score (nSPS) is 16.2. The molecule has 1 heterocycles. The highest BCUT2D eigenvalue weighted by Crippen LogP contribution is 2.41. The molecule has 162 valence electrons. The first kappa shape index (κ1) is 20.8. The van der Waals surface area contributed by atoms with Crippen LogP contribution in [0.15, 0.2) is 125 Å². The zero-order chi connectivity index (χ0) is 22.9. The number of hydrogen-bond acceptors (Lipinski definition) is 3. The van der Waals surface area contributed by atoms with Crippen molar-refractivity contribution in [3.63, 3.8) is 0 Å². The van der Waals surface area contributed by atoms with E-state index in [0.29, 0.717) is 0 Å². The van der Waals surface area contributed by atoms with Crippen LogP contribution in [0.5, 0.6) is 0 Å². The predicted octanol–water partition coefficient (Wildman–Crippen LogP) is 8.60. The molecule has 0 radical (unpaired) electrons. The Morgan fingerprint density at radius 3 is 2.06 bits per heavy atom. The summed E-state index contributed by atoms with van der Waals surface area (Å²) in [4.78, 5) is 9.08. The molecule has 1 fully saturated rings. The number of nitrogens with zero attached hydrogens (tertiary/aromatic N) is 2. The van der Waals surface area contributed by atoms with Gasteiger partial charge in [-0.05, 0) is 46.3 Å². The van der Waals surface area contributed by atoms with Gasteiger partial charge in [0.25, 0.3) is 0 Å². The van der Waals surface area contributed by atoms with Crippen molar-refractivity contribution in [2.24, 2.45) is 4.99 Å². The molecule has 4 heteroatoms. The van der Waals surface area contributed by atoms with E-state index in [2.05, 4.69) is 108 Å². The van der Waals surface area contributed by atoms with Gasteiger partial charge in [-0.15, -0.1) is 0 Å². The monoisotopic (exact) mass is 472 g/mol. The van der Waals surface area contributed by atoms with Gasteiger partial charge in [0.15, 0.2) is 5.17 Å². The summed E-state index contributed by atoms with van der Waals surface area (Å²) < 4.78 is 0. The molecule has 0 saturated carbocycles. The van der Waals surface area contributed by atoms with Crippen molar-refractivity contribution in [3.05, 3.63) is 126 Å². The molecule has 0 bridgehead atoms. The van der Waals surface area contributed by atoms with Crippen LogP contribution in [0, 0.1) is 0 Å². The summed E-state index contributed by atoms with van der Waals surface area (Å²) in [6.07, 6.45) is 2.15. The van der Waals surface area contributed by atoms with Crippen molar-refractivity contribution in [1.82, 2.24) is 0 Å². The second-order valence-corrected chi connectivity index (χ2v) is 9.45. The van der Waals surface area contributed by atoms with Gasteiger partial charge in [0.2, 0.25) is 0 Å². The molecule has 0 unspecified atom stereocenters. The lowest BCUT2D eigenvalue weighted by Gasteiger charge is -2.20. The molecule has 0 spiro atoms. The first-order valence-corrected chi connectivity index (χ1v) is 12.3. The zero-order valence-corrected chi connectivity index (χ0v) is 19.9. The molecular formula is C30H20N2S2. The van der Waals surface area contributed by atoms with E-state index in [0.717, 1.165) is 42.8 Å². The Morgan fingerprint density at radius 2 is 1.26 bits per heavy atom. The first-order valence-electron chi connectivity index (χ1n) is 11.1. The molecule has 5 aromatic carbocycles. The Morgan fingerprint density at radius 1 is 0.647 bits per heavy atom. The van der Waals surface area contributed by atoms with E-state index in [-0.39, 0.29) is 0 Å². The molecule has 1 aliphatic rings. The molecule has 34 heavy (non-hydrogen) atoms. The van der Waals surface area contributed by atoms with Gasteiger partial charge in [-0.25, -0.2) is 4.99 Å². The van der Waals surface area contributed by atoms with Gasteiger partial charge >= 0.3 is 0 Å². The van der Waals surface area contributed by atoms with Crippen LogP contribution >= 0.6 is 24.0 Å². The van der Waals surface area contributed by atoms with E-state index in [4.69, 9.17) is 17.2 Å². The van der Waals surface area contributed by atoms with Crippen LogP contribution in [-0.4, -0.2) is 10.2 Å². The SMILES string of the molecule is S=C1/C(=C\c2ccccc2)SC(=Nc2cccc3ccccc23)N1c1cccc2ccccc12. The molecule has 0 N–H and O–H groups in total. The quantitative estimate of drug-likeness (QED) is 0.193. The van der Waals surface area contributed by atoms with Gasteiger partial charge in [0.05, 0.1) is 16.3 Å². The van der Waals surface area contributed by atoms with E-state index in [1.165, 1.54) is 10.8 Å². The number of rotatable bonds is 3. The fraction of sp³-hybridized carbons (Fsp3) is 0. The summed E-state index contributed by atoms with van der Waals surface area (Å²) in [5, 5.41) is 5.49. The van der Waals surface area contributed by atoms with Crippen LogP contribution < -0.4 is 4.90 Å². The van der Waals surface area contributed by atoms with Gasteiger partial charge in [0.1, 0.15) is 4.99 Å². The second kappa shape index (κ2) is 8.90. The Labute approximate surface area is 208 Å². The number of thiocarbonyl (C=S) groups is 1. The largest absolute Gasteiger partial charge is 0.278 e. The summed E-state index contributed by atoms with van der Waals surface area (Å²) in [5.74, 6) is 0. The number of fused-ring (bicyclic) bond motifs is 2. The summed E-state index contributed by atoms with van der Waals surface area (Å²) in [6.45, 7) is 0. The average molecular weight is 473 g/mol. The highest BCUT2D eigenvalue weighted by Gasteiger charge is 2.32. The van der Waals surface area contributed by atoms with Gasteiger partial charge < -0.3 is 0 Å². The third kappa shape index (κ3) is 3.81. The average Bonchev–Trinajstić information content (AvgIpc) is 3.18.